The molecule has 0 fully saturated rings. The van der Waals surface area contributed by atoms with Crippen molar-refractivity contribution in [2.75, 3.05) is 5.73 Å². The lowest BCUT2D eigenvalue weighted by molar-refractivity contribution is 0.437. The van der Waals surface area contributed by atoms with E-state index in [9.17, 15) is 5.26 Å². The molecule has 1 heterocycles. The number of hydrogen-bond acceptors (Lipinski definition) is 3. The molecule has 3 aromatic rings. The predicted molar refractivity (Wildman–Crippen MR) is 99.8 cm³/mol. The quantitative estimate of drug-likeness (QED) is 0.753. The van der Waals surface area contributed by atoms with Crippen molar-refractivity contribution in [1.82, 2.24) is 4.57 Å². The molecule has 0 bridgehead atoms. The van der Waals surface area contributed by atoms with Crippen LogP contribution < -0.4 is 10.5 Å². The van der Waals surface area contributed by atoms with Crippen molar-refractivity contribution in [3.05, 3.63) is 76.5 Å². The molecule has 2 N–H and O–H groups in total. The number of rotatable bonds is 4. The highest BCUT2D eigenvalue weighted by molar-refractivity contribution is 5.57. The molecule has 0 atom stereocenters. The zero-order valence-electron chi connectivity index (χ0n) is 14.7. The first kappa shape index (κ1) is 16.7. The summed E-state index contributed by atoms with van der Waals surface area (Å²) in [6.45, 7) is 6.67. The molecule has 3 rings (SSSR count). The van der Waals surface area contributed by atoms with E-state index in [1.807, 2.05) is 48.7 Å². The van der Waals surface area contributed by atoms with Gasteiger partial charge in [0, 0.05) is 6.07 Å². The number of benzene rings is 2. The Labute approximate surface area is 148 Å². The van der Waals surface area contributed by atoms with E-state index in [2.05, 4.69) is 25.1 Å². The summed E-state index contributed by atoms with van der Waals surface area (Å²) in [5, 5.41) is 9.44. The molecule has 0 aliphatic rings. The maximum atomic E-state index is 9.44. The molecule has 1 aromatic heterocycles. The van der Waals surface area contributed by atoms with Crippen LogP contribution in [0.1, 0.15) is 27.9 Å². The molecule has 126 valence electrons. The minimum atomic E-state index is 0.460. The lowest BCUT2D eigenvalue weighted by Gasteiger charge is -2.13. The number of aromatic nitrogens is 1. The number of aryl methyl sites for hydroxylation is 3. The van der Waals surface area contributed by atoms with Crippen molar-refractivity contribution < 1.29 is 4.74 Å². The Morgan fingerprint density at radius 2 is 1.72 bits per heavy atom. The molecule has 0 saturated carbocycles. The van der Waals surface area contributed by atoms with Gasteiger partial charge in [0.25, 0.3) is 0 Å². The maximum Gasteiger partial charge on any atom is 0.224 e. The Morgan fingerprint density at radius 1 is 1.00 bits per heavy atom. The molecule has 4 nitrogen and oxygen atoms in total. The first-order valence-corrected chi connectivity index (χ1v) is 8.17. The molecule has 0 aliphatic carbocycles. The van der Waals surface area contributed by atoms with E-state index in [-0.39, 0.29) is 0 Å². The summed E-state index contributed by atoms with van der Waals surface area (Å²) in [4.78, 5) is 0. The second-order valence-electron chi connectivity index (χ2n) is 6.32. The van der Waals surface area contributed by atoms with E-state index in [4.69, 9.17) is 10.5 Å². The van der Waals surface area contributed by atoms with Crippen molar-refractivity contribution in [2.45, 2.75) is 27.3 Å². The summed E-state index contributed by atoms with van der Waals surface area (Å²) >= 11 is 0. The summed E-state index contributed by atoms with van der Waals surface area (Å²) in [5.41, 5.74) is 11.7. The van der Waals surface area contributed by atoms with Gasteiger partial charge >= 0.3 is 0 Å². The Kier molecular flexibility index (Phi) is 4.49. The number of hydrogen-bond donors (Lipinski definition) is 1. The Hall–Kier alpha value is -3.19. The fourth-order valence-corrected chi connectivity index (χ4v) is 2.68. The monoisotopic (exact) mass is 331 g/mol. The van der Waals surface area contributed by atoms with Crippen LogP contribution in [0.3, 0.4) is 0 Å². The number of nitrogen functional groups attached to an aromatic ring is 1. The van der Waals surface area contributed by atoms with Gasteiger partial charge < -0.3 is 10.5 Å². The summed E-state index contributed by atoms with van der Waals surface area (Å²) in [7, 11) is 0. The fraction of sp³-hybridized carbons (Fsp3) is 0.190. The summed E-state index contributed by atoms with van der Waals surface area (Å²) in [6.07, 6.45) is 0. The van der Waals surface area contributed by atoms with Crippen LogP contribution in [0, 0.1) is 32.1 Å². The third-order valence-electron chi connectivity index (χ3n) is 4.34. The number of nitriles is 1. The van der Waals surface area contributed by atoms with Crippen LogP contribution in [-0.2, 0) is 6.54 Å². The van der Waals surface area contributed by atoms with Crippen molar-refractivity contribution >= 4 is 5.69 Å². The van der Waals surface area contributed by atoms with E-state index in [1.165, 1.54) is 11.1 Å². The van der Waals surface area contributed by atoms with Crippen LogP contribution in [0.4, 0.5) is 5.69 Å². The molecule has 25 heavy (non-hydrogen) atoms. The largest absolute Gasteiger partial charge is 0.439 e. The number of anilines is 1. The Morgan fingerprint density at radius 3 is 2.36 bits per heavy atom. The molecule has 0 saturated heterocycles. The molecule has 0 radical (unpaired) electrons. The lowest BCUT2D eigenvalue weighted by atomic mass is 10.1. The van der Waals surface area contributed by atoms with Gasteiger partial charge in [0.15, 0.2) is 0 Å². The smallest absolute Gasteiger partial charge is 0.224 e. The average Bonchev–Trinajstić information content (AvgIpc) is 2.89. The van der Waals surface area contributed by atoms with E-state index in [1.54, 1.807) is 6.07 Å². The van der Waals surface area contributed by atoms with E-state index < -0.39 is 0 Å². The second kappa shape index (κ2) is 6.74. The summed E-state index contributed by atoms with van der Waals surface area (Å²) in [6, 6.07) is 18.0. The van der Waals surface area contributed by atoms with Gasteiger partial charge in [-0.2, -0.15) is 5.26 Å². The maximum absolute atomic E-state index is 9.44. The highest BCUT2D eigenvalue weighted by Gasteiger charge is 2.16. The molecule has 0 aliphatic heterocycles. The van der Waals surface area contributed by atoms with Crippen molar-refractivity contribution in [3.8, 4) is 17.7 Å². The highest BCUT2D eigenvalue weighted by Crippen LogP contribution is 2.32. The molecular weight excluding hydrogens is 310 g/mol. The minimum Gasteiger partial charge on any atom is -0.439 e. The molecule has 0 unspecified atom stereocenters. The molecule has 4 heteroatoms. The molecule has 0 amide bonds. The van der Waals surface area contributed by atoms with Crippen molar-refractivity contribution in [2.24, 2.45) is 0 Å². The van der Waals surface area contributed by atoms with Gasteiger partial charge in [-0.1, -0.05) is 35.9 Å². The molecule has 0 spiro atoms. The average molecular weight is 331 g/mol. The van der Waals surface area contributed by atoms with Crippen LogP contribution in [0.25, 0.3) is 0 Å². The van der Waals surface area contributed by atoms with Crippen LogP contribution in [-0.4, -0.2) is 4.57 Å². The zero-order chi connectivity index (χ0) is 18.0. The highest BCUT2D eigenvalue weighted by atomic mass is 16.5. The minimum absolute atomic E-state index is 0.460. The summed E-state index contributed by atoms with van der Waals surface area (Å²) < 4.78 is 7.86. The predicted octanol–water partition coefficient (Wildman–Crippen LogP) is 4.71. The Bertz CT molecular complexity index is 947. The lowest BCUT2D eigenvalue weighted by Crippen LogP contribution is -2.05. The van der Waals surface area contributed by atoms with Crippen LogP contribution in [0.5, 0.6) is 11.6 Å². The SMILES string of the molecule is Cc1ccc(Cn2c(C#N)cc(N)c2Oc2ccc(C)c(C)c2)cc1. The van der Waals surface area contributed by atoms with E-state index >= 15 is 0 Å². The number of ether oxygens (including phenoxy) is 1. The van der Waals surface area contributed by atoms with Gasteiger partial charge in [-0.25, -0.2) is 0 Å². The first-order chi connectivity index (χ1) is 12.0. The van der Waals surface area contributed by atoms with Gasteiger partial charge in [0.2, 0.25) is 5.88 Å². The topological polar surface area (TPSA) is 64.0 Å². The third-order valence-corrected chi connectivity index (χ3v) is 4.34. The zero-order valence-corrected chi connectivity index (χ0v) is 14.7. The normalized spacial score (nSPS) is 10.5. The Balaban J connectivity index is 1.98. The number of nitrogens with two attached hydrogens (primary N) is 1. The fourth-order valence-electron chi connectivity index (χ4n) is 2.68. The van der Waals surface area contributed by atoms with E-state index in [0.29, 0.717) is 29.6 Å². The first-order valence-electron chi connectivity index (χ1n) is 8.17. The van der Waals surface area contributed by atoms with Gasteiger partial charge in [0.1, 0.15) is 17.5 Å². The van der Waals surface area contributed by atoms with E-state index in [0.717, 1.165) is 11.1 Å². The van der Waals surface area contributed by atoms with Crippen LogP contribution in [0.15, 0.2) is 48.5 Å². The van der Waals surface area contributed by atoms with Crippen LogP contribution >= 0.6 is 0 Å². The van der Waals surface area contributed by atoms with Gasteiger partial charge in [-0.05, 0) is 49.6 Å². The number of nitrogens with zero attached hydrogens (tertiary/aromatic N) is 2. The van der Waals surface area contributed by atoms with Crippen LogP contribution in [0.2, 0.25) is 0 Å². The van der Waals surface area contributed by atoms with Crippen molar-refractivity contribution in [3.63, 3.8) is 0 Å². The standard InChI is InChI=1S/C21H21N3O/c1-14-4-7-17(8-5-14)13-24-18(12-22)11-20(23)21(24)25-19-9-6-15(2)16(3)10-19/h4-11H,13,23H2,1-3H3. The third kappa shape index (κ3) is 3.51. The molecular formula is C21H21N3O. The van der Waals surface area contributed by atoms with Crippen molar-refractivity contribution in [1.29, 1.82) is 5.26 Å². The second-order valence-corrected chi connectivity index (χ2v) is 6.32. The molecule has 2 aromatic carbocycles. The van der Waals surface area contributed by atoms with Gasteiger partial charge in [-0.3, -0.25) is 4.57 Å². The van der Waals surface area contributed by atoms with Gasteiger partial charge in [0.05, 0.1) is 12.2 Å². The summed E-state index contributed by atoms with van der Waals surface area (Å²) in [5.74, 6) is 1.21. The van der Waals surface area contributed by atoms with Gasteiger partial charge in [-0.15, -0.1) is 0 Å².